The zero-order valence-corrected chi connectivity index (χ0v) is 36.4. The number of aromatic nitrogens is 3. The summed E-state index contributed by atoms with van der Waals surface area (Å²) in [6.45, 7) is 0. The van der Waals surface area contributed by atoms with E-state index in [1.807, 2.05) is 12.1 Å². The first-order valence-corrected chi connectivity index (χ1v) is 23.0. The third-order valence-electron chi connectivity index (χ3n) is 13.2. The van der Waals surface area contributed by atoms with Crippen LogP contribution in [-0.2, 0) is 25.7 Å². The molecule has 1 aliphatic carbocycles. The highest BCUT2D eigenvalue weighted by Crippen LogP contribution is 2.45. The van der Waals surface area contributed by atoms with Gasteiger partial charge in [-0.1, -0.05) is 176 Å². The van der Waals surface area contributed by atoms with Crippen LogP contribution in [-0.4, -0.2) is 15.0 Å². The molecule has 10 rings (SSSR count). The molecule has 0 atom stereocenters. The second-order valence-electron chi connectivity index (χ2n) is 17.4. The van der Waals surface area contributed by atoms with E-state index in [2.05, 4.69) is 201 Å². The van der Waals surface area contributed by atoms with Crippen molar-refractivity contribution >= 4 is 0 Å². The maximum absolute atomic E-state index is 5.18. The molecule has 0 bridgehead atoms. The second kappa shape index (κ2) is 19.4. The fourth-order valence-electron chi connectivity index (χ4n) is 9.72. The van der Waals surface area contributed by atoms with Gasteiger partial charge in [0, 0.05) is 40.8 Å². The molecule has 1 fully saturated rings. The molecule has 0 unspecified atom stereocenters. The van der Waals surface area contributed by atoms with Crippen molar-refractivity contribution in [3.8, 4) is 56.0 Å². The normalized spacial score (nSPS) is 14.9. The van der Waals surface area contributed by atoms with Crippen molar-refractivity contribution < 1.29 is 0 Å². The molecule has 0 aliphatic heterocycles. The average molecular weight is 828 g/mol. The SMILES string of the molecule is c1ccc(-c2ccc(CCc3cc(CCc4ccc(-c5ccccc5)nc4)cc(-c4ccccc4-c4cnc(-c5ccccc5)cc4C4CCC(c5ccccc5)CC4)c3)cn2)cc1. The quantitative estimate of drug-likeness (QED) is 0.116. The van der Waals surface area contributed by atoms with Gasteiger partial charge in [0.2, 0.25) is 0 Å². The van der Waals surface area contributed by atoms with Gasteiger partial charge in [0.1, 0.15) is 0 Å². The van der Waals surface area contributed by atoms with Crippen molar-refractivity contribution in [1.29, 1.82) is 0 Å². The maximum Gasteiger partial charge on any atom is 0.0705 e. The minimum absolute atomic E-state index is 0.458. The lowest BCUT2D eigenvalue weighted by Gasteiger charge is -2.31. The molecular formula is C61H53N3. The predicted octanol–water partition coefficient (Wildman–Crippen LogP) is 15.2. The zero-order chi connectivity index (χ0) is 42.9. The van der Waals surface area contributed by atoms with Crippen LogP contribution in [0.25, 0.3) is 56.0 Å². The smallest absolute Gasteiger partial charge is 0.0705 e. The summed E-state index contributed by atoms with van der Waals surface area (Å²) in [5.41, 5.74) is 19.6. The van der Waals surface area contributed by atoms with Crippen LogP contribution in [0.3, 0.4) is 0 Å². The summed E-state index contributed by atoms with van der Waals surface area (Å²) >= 11 is 0. The minimum atomic E-state index is 0.458. The van der Waals surface area contributed by atoms with Crippen LogP contribution in [0.5, 0.6) is 0 Å². The topological polar surface area (TPSA) is 38.7 Å². The first-order chi connectivity index (χ1) is 31.7. The van der Waals surface area contributed by atoms with Crippen molar-refractivity contribution in [1.82, 2.24) is 15.0 Å². The molecule has 0 N–H and O–H groups in total. The fourth-order valence-corrected chi connectivity index (χ4v) is 9.72. The van der Waals surface area contributed by atoms with E-state index in [-0.39, 0.29) is 0 Å². The monoisotopic (exact) mass is 827 g/mol. The van der Waals surface area contributed by atoms with Gasteiger partial charge in [-0.15, -0.1) is 0 Å². The molecule has 1 saturated carbocycles. The first-order valence-electron chi connectivity index (χ1n) is 23.0. The summed E-state index contributed by atoms with van der Waals surface area (Å²) in [6, 6.07) is 70.2. The molecule has 64 heavy (non-hydrogen) atoms. The Balaban J connectivity index is 0.983. The Morgan fingerprint density at radius 3 is 1.27 bits per heavy atom. The highest BCUT2D eigenvalue weighted by atomic mass is 14.7. The maximum atomic E-state index is 5.18. The van der Waals surface area contributed by atoms with E-state index in [1.165, 1.54) is 68.5 Å². The molecule has 3 nitrogen and oxygen atoms in total. The fraction of sp³-hybridized carbons (Fsp3) is 0.164. The van der Waals surface area contributed by atoms with Crippen LogP contribution in [0, 0.1) is 0 Å². The average Bonchev–Trinajstić information content (AvgIpc) is 3.38. The molecule has 3 heterocycles. The number of rotatable bonds is 13. The van der Waals surface area contributed by atoms with E-state index >= 15 is 0 Å². The van der Waals surface area contributed by atoms with Gasteiger partial charge in [0.25, 0.3) is 0 Å². The van der Waals surface area contributed by atoms with Crippen molar-refractivity contribution in [2.24, 2.45) is 0 Å². The highest BCUT2D eigenvalue weighted by Gasteiger charge is 2.27. The summed E-state index contributed by atoms with van der Waals surface area (Å²) < 4.78 is 0. The summed E-state index contributed by atoms with van der Waals surface area (Å²) in [7, 11) is 0. The lowest BCUT2D eigenvalue weighted by Crippen LogP contribution is -2.13. The van der Waals surface area contributed by atoms with Crippen molar-refractivity contribution in [2.75, 3.05) is 0 Å². The molecule has 0 radical (unpaired) electrons. The van der Waals surface area contributed by atoms with Crippen LogP contribution in [0.4, 0.5) is 0 Å². The van der Waals surface area contributed by atoms with E-state index in [1.54, 1.807) is 0 Å². The third kappa shape index (κ3) is 9.55. The van der Waals surface area contributed by atoms with Gasteiger partial charge in [0.15, 0.2) is 0 Å². The Morgan fingerprint density at radius 1 is 0.312 bits per heavy atom. The molecule has 6 aromatic carbocycles. The second-order valence-corrected chi connectivity index (χ2v) is 17.4. The number of hydrogen-bond donors (Lipinski definition) is 0. The number of nitrogens with zero attached hydrogens (tertiary/aromatic N) is 3. The van der Waals surface area contributed by atoms with E-state index in [0.29, 0.717) is 11.8 Å². The molecule has 9 aromatic rings. The Labute approximate surface area is 378 Å². The Hall–Kier alpha value is -7.23. The molecular weight excluding hydrogens is 775 g/mol. The summed E-state index contributed by atoms with van der Waals surface area (Å²) in [5.74, 6) is 1.07. The lowest BCUT2D eigenvalue weighted by molar-refractivity contribution is 0.397. The molecule has 312 valence electrons. The molecule has 0 amide bonds. The van der Waals surface area contributed by atoms with Gasteiger partial charge in [-0.25, -0.2) is 0 Å². The number of aryl methyl sites for hydroxylation is 4. The number of hydrogen-bond acceptors (Lipinski definition) is 3. The number of benzene rings is 6. The molecule has 3 heteroatoms. The van der Waals surface area contributed by atoms with Gasteiger partial charge < -0.3 is 0 Å². The van der Waals surface area contributed by atoms with Gasteiger partial charge in [-0.2, -0.15) is 0 Å². The van der Waals surface area contributed by atoms with Crippen LogP contribution in [0.15, 0.2) is 213 Å². The molecule has 0 saturated heterocycles. The van der Waals surface area contributed by atoms with E-state index in [9.17, 15) is 0 Å². The van der Waals surface area contributed by atoms with Crippen LogP contribution in [0.2, 0.25) is 0 Å². The molecule has 1 aliphatic rings. The zero-order valence-electron chi connectivity index (χ0n) is 36.4. The lowest BCUT2D eigenvalue weighted by atomic mass is 9.74. The van der Waals surface area contributed by atoms with Crippen molar-refractivity contribution in [3.63, 3.8) is 0 Å². The molecule has 3 aromatic heterocycles. The third-order valence-corrected chi connectivity index (χ3v) is 13.2. The number of pyridine rings is 3. The predicted molar refractivity (Wildman–Crippen MR) is 265 cm³/mol. The van der Waals surface area contributed by atoms with E-state index in [4.69, 9.17) is 15.0 Å². The van der Waals surface area contributed by atoms with Gasteiger partial charge in [0.05, 0.1) is 17.1 Å². The summed E-state index contributed by atoms with van der Waals surface area (Å²) in [4.78, 5) is 14.9. The van der Waals surface area contributed by atoms with Crippen molar-refractivity contribution in [3.05, 3.63) is 246 Å². The summed E-state index contributed by atoms with van der Waals surface area (Å²) in [5, 5.41) is 0. The van der Waals surface area contributed by atoms with Crippen LogP contribution < -0.4 is 0 Å². The highest BCUT2D eigenvalue weighted by molar-refractivity contribution is 5.86. The Kier molecular flexibility index (Phi) is 12.4. The van der Waals surface area contributed by atoms with Crippen molar-refractivity contribution in [2.45, 2.75) is 63.2 Å². The first kappa shape index (κ1) is 40.8. The van der Waals surface area contributed by atoms with Gasteiger partial charge >= 0.3 is 0 Å². The van der Waals surface area contributed by atoms with Gasteiger partial charge in [-0.3, -0.25) is 15.0 Å². The van der Waals surface area contributed by atoms with E-state index in [0.717, 1.165) is 72.3 Å². The van der Waals surface area contributed by atoms with Crippen LogP contribution >= 0.6 is 0 Å². The largest absolute Gasteiger partial charge is 0.256 e. The Bertz CT molecular complexity index is 2800. The minimum Gasteiger partial charge on any atom is -0.256 e. The standard InChI is InChI=1S/C61H53N3/c1-5-15-48(16-6-1)49-31-33-50(34-32-49)57-40-61(53-21-11-4-12-22-53)64-43-58(57)56-24-14-13-23-55(56)54-38-46(27-25-44-29-35-59(62-41-44)51-17-7-2-8-18-51)37-47(39-54)28-26-45-30-36-60(63-42-45)52-19-9-3-10-20-52/h1-24,29-30,35-43,49-50H,25-28,31-34H2. The van der Waals surface area contributed by atoms with E-state index < -0.39 is 0 Å². The Morgan fingerprint density at radius 2 is 0.750 bits per heavy atom. The molecule has 0 spiro atoms. The van der Waals surface area contributed by atoms with Crippen LogP contribution in [0.1, 0.15) is 70.9 Å². The summed E-state index contributed by atoms with van der Waals surface area (Å²) in [6.07, 6.45) is 14.7. The van der Waals surface area contributed by atoms with Gasteiger partial charge in [-0.05, 0) is 131 Å².